The molecular weight excluding hydrogens is 230 g/mol. The first kappa shape index (κ1) is 15.4. The van der Waals surface area contributed by atoms with Crippen LogP contribution in [-0.2, 0) is 9.53 Å². The van der Waals surface area contributed by atoms with Gasteiger partial charge in [-0.1, -0.05) is 0 Å². The van der Waals surface area contributed by atoms with E-state index in [0.29, 0.717) is 6.42 Å². The topological polar surface area (TPSA) is 49.8 Å². The summed E-state index contributed by atoms with van der Waals surface area (Å²) in [5.41, 5.74) is -0.286. The Balaban J connectivity index is 2.52. The Morgan fingerprint density at radius 3 is 2.67 bits per heavy atom. The third-order valence-electron chi connectivity index (χ3n) is 3.19. The number of aliphatic hydroxyl groups excluding tert-OH is 1. The summed E-state index contributed by atoms with van der Waals surface area (Å²) in [4.78, 5) is 14.0. The van der Waals surface area contributed by atoms with Gasteiger partial charge in [0.05, 0.1) is 11.7 Å². The standard InChI is InChI=1S/C14H27NO3/c1-11(16)9-12-7-5-6-8-15(12)13(17)10-18-14(2,3)4/h11-12,16H,5-10H2,1-4H3. The minimum atomic E-state index is -0.355. The van der Waals surface area contributed by atoms with Crippen LogP contribution >= 0.6 is 0 Å². The fraction of sp³-hybridized carbons (Fsp3) is 0.929. The van der Waals surface area contributed by atoms with E-state index in [4.69, 9.17) is 4.74 Å². The highest BCUT2D eigenvalue weighted by Gasteiger charge is 2.28. The van der Waals surface area contributed by atoms with Gasteiger partial charge in [0.25, 0.3) is 0 Å². The van der Waals surface area contributed by atoms with Crippen LogP contribution in [0.25, 0.3) is 0 Å². The largest absolute Gasteiger partial charge is 0.393 e. The monoisotopic (exact) mass is 257 g/mol. The van der Waals surface area contributed by atoms with Crippen LogP contribution in [0.5, 0.6) is 0 Å². The van der Waals surface area contributed by atoms with Gasteiger partial charge in [0.2, 0.25) is 5.91 Å². The van der Waals surface area contributed by atoms with Crippen molar-refractivity contribution in [2.24, 2.45) is 0 Å². The van der Waals surface area contributed by atoms with E-state index < -0.39 is 0 Å². The zero-order chi connectivity index (χ0) is 13.8. The zero-order valence-electron chi connectivity index (χ0n) is 12.1. The van der Waals surface area contributed by atoms with Crippen LogP contribution in [-0.4, -0.2) is 46.8 Å². The first-order valence-corrected chi connectivity index (χ1v) is 6.91. The van der Waals surface area contributed by atoms with Gasteiger partial charge in [-0.05, 0) is 53.4 Å². The van der Waals surface area contributed by atoms with Crippen LogP contribution in [0, 0.1) is 0 Å². The minimum Gasteiger partial charge on any atom is -0.393 e. The van der Waals surface area contributed by atoms with Gasteiger partial charge < -0.3 is 14.7 Å². The molecule has 18 heavy (non-hydrogen) atoms. The summed E-state index contributed by atoms with van der Waals surface area (Å²) in [6.07, 6.45) is 3.50. The molecule has 1 fully saturated rings. The molecule has 4 nitrogen and oxygen atoms in total. The summed E-state index contributed by atoms with van der Waals surface area (Å²) in [7, 11) is 0. The smallest absolute Gasteiger partial charge is 0.248 e. The van der Waals surface area contributed by atoms with Crippen molar-refractivity contribution in [3.63, 3.8) is 0 Å². The van der Waals surface area contributed by atoms with E-state index in [1.807, 2.05) is 25.7 Å². The lowest BCUT2D eigenvalue weighted by Crippen LogP contribution is -2.47. The predicted molar refractivity (Wildman–Crippen MR) is 71.4 cm³/mol. The molecule has 0 aromatic heterocycles. The number of ether oxygens (including phenoxy) is 1. The van der Waals surface area contributed by atoms with E-state index in [1.165, 1.54) is 0 Å². The lowest BCUT2D eigenvalue weighted by Gasteiger charge is -2.37. The molecule has 0 bridgehead atoms. The number of carbonyl (C=O) groups is 1. The molecule has 2 atom stereocenters. The van der Waals surface area contributed by atoms with Crippen molar-refractivity contribution in [3.8, 4) is 0 Å². The van der Waals surface area contributed by atoms with Crippen molar-refractivity contribution >= 4 is 5.91 Å². The summed E-state index contributed by atoms with van der Waals surface area (Å²) >= 11 is 0. The van der Waals surface area contributed by atoms with Crippen molar-refractivity contribution in [1.82, 2.24) is 4.90 Å². The van der Waals surface area contributed by atoms with Gasteiger partial charge >= 0.3 is 0 Å². The lowest BCUT2D eigenvalue weighted by atomic mass is 9.97. The number of nitrogens with zero attached hydrogens (tertiary/aromatic N) is 1. The molecule has 2 unspecified atom stereocenters. The van der Waals surface area contributed by atoms with Gasteiger partial charge in [-0.3, -0.25) is 4.79 Å². The van der Waals surface area contributed by atoms with Crippen LogP contribution in [0.4, 0.5) is 0 Å². The molecule has 1 N–H and O–H groups in total. The summed E-state index contributed by atoms with van der Waals surface area (Å²) in [5.74, 6) is 0.0512. The molecule has 106 valence electrons. The Morgan fingerprint density at radius 2 is 2.11 bits per heavy atom. The van der Waals surface area contributed by atoms with E-state index in [0.717, 1.165) is 25.8 Å². The molecule has 0 saturated carbocycles. The van der Waals surface area contributed by atoms with Crippen molar-refractivity contribution in [2.75, 3.05) is 13.2 Å². The average molecular weight is 257 g/mol. The Labute approximate surface area is 110 Å². The first-order valence-electron chi connectivity index (χ1n) is 6.91. The number of aliphatic hydroxyl groups is 1. The number of carbonyl (C=O) groups excluding carboxylic acids is 1. The fourth-order valence-corrected chi connectivity index (χ4v) is 2.33. The highest BCUT2D eigenvalue weighted by atomic mass is 16.5. The van der Waals surface area contributed by atoms with Crippen molar-refractivity contribution in [1.29, 1.82) is 0 Å². The van der Waals surface area contributed by atoms with Gasteiger partial charge in [-0.2, -0.15) is 0 Å². The summed E-state index contributed by atoms with van der Waals surface area (Å²) in [6.45, 7) is 8.56. The van der Waals surface area contributed by atoms with Crippen LogP contribution in [0.2, 0.25) is 0 Å². The molecule has 0 aliphatic carbocycles. The van der Waals surface area contributed by atoms with E-state index in [9.17, 15) is 9.90 Å². The second kappa shape index (κ2) is 6.53. The second-order valence-corrected chi connectivity index (χ2v) is 6.22. The van der Waals surface area contributed by atoms with Crippen LogP contribution in [0.1, 0.15) is 53.4 Å². The summed E-state index contributed by atoms with van der Waals surface area (Å²) < 4.78 is 5.54. The Kier molecular flexibility index (Phi) is 5.60. The lowest BCUT2D eigenvalue weighted by molar-refractivity contribution is -0.145. The summed E-state index contributed by atoms with van der Waals surface area (Å²) in [6, 6.07) is 0.176. The van der Waals surface area contributed by atoms with Gasteiger partial charge in [-0.15, -0.1) is 0 Å². The van der Waals surface area contributed by atoms with Crippen molar-refractivity contribution < 1.29 is 14.6 Å². The molecule has 1 heterocycles. The molecule has 4 heteroatoms. The van der Waals surface area contributed by atoms with E-state index in [-0.39, 0.29) is 30.3 Å². The van der Waals surface area contributed by atoms with Crippen LogP contribution in [0.15, 0.2) is 0 Å². The summed E-state index contributed by atoms with van der Waals surface area (Å²) in [5, 5.41) is 9.49. The maximum Gasteiger partial charge on any atom is 0.248 e. The molecule has 1 amide bonds. The van der Waals surface area contributed by atoms with Crippen molar-refractivity contribution in [2.45, 2.75) is 71.1 Å². The minimum absolute atomic E-state index is 0.0512. The zero-order valence-corrected chi connectivity index (χ0v) is 12.1. The fourth-order valence-electron chi connectivity index (χ4n) is 2.33. The highest BCUT2D eigenvalue weighted by Crippen LogP contribution is 2.21. The predicted octanol–water partition coefficient (Wildman–Crippen LogP) is 1.95. The highest BCUT2D eigenvalue weighted by molar-refractivity contribution is 5.78. The SMILES string of the molecule is CC(O)CC1CCCCN1C(=O)COC(C)(C)C. The van der Waals surface area contributed by atoms with Gasteiger partial charge in [-0.25, -0.2) is 0 Å². The van der Waals surface area contributed by atoms with E-state index in [2.05, 4.69) is 0 Å². The maximum atomic E-state index is 12.2. The number of likely N-dealkylation sites (tertiary alicyclic amines) is 1. The third kappa shape index (κ3) is 5.36. The third-order valence-corrected chi connectivity index (χ3v) is 3.19. The molecule has 0 radical (unpaired) electrons. The Hall–Kier alpha value is -0.610. The first-order chi connectivity index (χ1) is 8.29. The number of hydrogen-bond donors (Lipinski definition) is 1. The van der Waals surface area contributed by atoms with Crippen LogP contribution < -0.4 is 0 Å². The molecular formula is C14H27NO3. The maximum absolute atomic E-state index is 12.2. The molecule has 1 aliphatic heterocycles. The number of hydrogen-bond acceptors (Lipinski definition) is 3. The number of piperidine rings is 1. The van der Waals surface area contributed by atoms with Crippen molar-refractivity contribution in [3.05, 3.63) is 0 Å². The Morgan fingerprint density at radius 1 is 1.44 bits per heavy atom. The molecule has 0 aromatic carbocycles. The van der Waals surface area contributed by atoms with Gasteiger partial charge in [0.15, 0.2) is 0 Å². The second-order valence-electron chi connectivity index (χ2n) is 6.22. The number of amides is 1. The Bertz CT molecular complexity index is 271. The van der Waals surface area contributed by atoms with Crippen LogP contribution in [0.3, 0.4) is 0 Å². The molecule has 1 aliphatic rings. The molecule has 1 rings (SSSR count). The molecule has 0 aromatic rings. The normalized spacial score (nSPS) is 22.9. The number of rotatable bonds is 4. The molecule has 0 spiro atoms. The average Bonchev–Trinajstić information content (AvgIpc) is 2.25. The van der Waals surface area contributed by atoms with E-state index >= 15 is 0 Å². The van der Waals surface area contributed by atoms with Gasteiger partial charge in [0.1, 0.15) is 6.61 Å². The molecule has 1 saturated heterocycles. The van der Waals surface area contributed by atoms with Gasteiger partial charge in [0, 0.05) is 12.6 Å². The van der Waals surface area contributed by atoms with E-state index in [1.54, 1.807) is 6.92 Å². The quantitative estimate of drug-likeness (QED) is 0.837.